The Bertz CT molecular complexity index is 3210. The molecule has 23 heteroatoms. The second-order valence-electron chi connectivity index (χ2n) is 23.1. The number of rotatable bonds is 24. The number of aromatic nitrogens is 1. The number of nitrogens with one attached hydrogen (secondary N) is 5. The first-order valence-electron chi connectivity index (χ1n) is 27.5. The number of halogens is 4. The Morgan fingerprint density at radius 3 is 2.26 bits per heavy atom. The Hall–Kier alpha value is -6.61. The fourth-order valence-electron chi connectivity index (χ4n) is 10.6. The molecular formula is C61H72Cl2F2N8O10S. The van der Waals surface area contributed by atoms with Crippen molar-refractivity contribution < 1.29 is 56.8 Å². The number of thiazole rings is 1. The number of aliphatic hydroxyl groups excluding tert-OH is 1. The number of aryl methyl sites for hydroxylation is 1. The highest BCUT2D eigenvalue weighted by atomic mass is 35.5. The number of hydrogen-bond donors (Lipinski definition) is 6. The predicted octanol–water partition coefficient (Wildman–Crippen LogP) is 8.26. The summed E-state index contributed by atoms with van der Waals surface area (Å²) in [5.41, 5.74) is 1.81. The minimum Gasteiger partial charge on any atom is -0.495 e. The van der Waals surface area contributed by atoms with E-state index in [1.54, 1.807) is 37.6 Å². The average Bonchev–Trinajstić information content (AvgIpc) is 3.46. The molecule has 7 rings (SSSR count). The van der Waals surface area contributed by atoms with Crippen molar-refractivity contribution in [2.75, 3.05) is 65.2 Å². The van der Waals surface area contributed by atoms with Gasteiger partial charge >= 0.3 is 0 Å². The number of carbonyl (C=O) groups is 5. The summed E-state index contributed by atoms with van der Waals surface area (Å²) in [6, 6.07) is 18.5. The number of β-amino-alcohol motifs (C(OH)–C–C–N with tert-alkyl or cyclic N) is 1. The number of methoxy groups -OCH3 is 1. The molecule has 2 aliphatic rings. The molecule has 0 bridgehead atoms. The zero-order valence-electron chi connectivity index (χ0n) is 48.2. The van der Waals surface area contributed by atoms with Gasteiger partial charge in [0.15, 0.2) is 0 Å². The molecule has 6 N–H and O–H groups in total. The lowest BCUT2D eigenvalue weighted by Gasteiger charge is -2.37. The number of nitrogens with zero attached hydrogens (tertiary/aromatic N) is 3. The van der Waals surface area contributed by atoms with Crippen LogP contribution in [-0.4, -0.2) is 135 Å². The summed E-state index contributed by atoms with van der Waals surface area (Å²) in [4.78, 5) is 75.1. The van der Waals surface area contributed by atoms with Crippen LogP contribution in [0.4, 0.5) is 14.5 Å². The third-order valence-electron chi connectivity index (χ3n) is 14.7. The summed E-state index contributed by atoms with van der Waals surface area (Å²) in [6.07, 6.45) is -0.584. The van der Waals surface area contributed by atoms with E-state index in [-0.39, 0.29) is 110 Å². The van der Waals surface area contributed by atoms with Crippen LogP contribution in [0.2, 0.25) is 10.0 Å². The van der Waals surface area contributed by atoms with E-state index in [4.69, 9.17) is 42.1 Å². The lowest BCUT2D eigenvalue weighted by atomic mass is 9.62. The Balaban J connectivity index is 0.838. The van der Waals surface area contributed by atoms with Gasteiger partial charge in [-0.1, -0.05) is 107 Å². The molecule has 7 atom stereocenters. The van der Waals surface area contributed by atoms with Gasteiger partial charge in [0.1, 0.15) is 41.5 Å². The Kier molecular flexibility index (Phi) is 22.0. The lowest BCUT2D eigenvalue weighted by molar-refractivity contribution is -0.144. The molecule has 2 saturated heterocycles. The minimum atomic E-state index is -1.84. The molecule has 0 saturated carbocycles. The van der Waals surface area contributed by atoms with Crippen molar-refractivity contribution in [2.24, 2.45) is 10.8 Å². The van der Waals surface area contributed by atoms with E-state index < -0.39 is 93.6 Å². The highest BCUT2D eigenvalue weighted by Gasteiger charge is 2.61. The van der Waals surface area contributed by atoms with Crippen molar-refractivity contribution >= 4 is 69.8 Å². The fraction of sp³-hybridized carbons (Fsp3) is 0.459. The summed E-state index contributed by atoms with van der Waals surface area (Å²) in [6.45, 7) is 13.8. The number of likely N-dealkylation sites (tertiary alicyclic amines) is 1. The molecule has 84 heavy (non-hydrogen) atoms. The average molecular weight is 1220 g/mol. The van der Waals surface area contributed by atoms with Crippen molar-refractivity contribution in [3.05, 3.63) is 134 Å². The third kappa shape index (κ3) is 15.8. The number of aliphatic hydroxyl groups is 1. The van der Waals surface area contributed by atoms with Crippen LogP contribution in [0.3, 0.4) is 0 Å². The van der Waals surface area contributed by atoms with Gasteiger partial charge in [0.05, 0.1) is 85.2 Å². The molecule has 2 fully saturated rings. The molecular weight excluding hydrogens is 1150 g/mol. The van der Waals surface area contributed by atoms with E-state index in [2.05, 4.69) is 37.6 Å². The fourth-order valence-corrected chi connectivity index (χ4v) is 11.8. The van der Waals surface area contributed by atoms with Gasteiger partial charge in [0.2, 0.25) is 23.6 Å². The van der Waals surface area contributed by atoms with Gasteiger partial charge in [-0.3, -0.25) is 24.0 Å². The predicted molar refractivity (Wildman–Crippen MR) is 316 cm³/mol. The van der Waals surface area contributed by atoms with E-state index in [0.717, 1.165) is 27.8 Å². The molecule has 450 valence electrons. The second-order valence-corrected chi connectivity index (χ2v) is 24.8. The van der Waals surface area contributed by atoms with Gasteiger partial charge in [0, 0.05) is 54.2 Å². The van der Waals surface area contributed by atoms with Crippen LogP contribution in [0.25, 0.3) is 10.4 Å². The standard InChI is InChI=1S/C61H72Cl2F2N8O10S/c1-35-53(84-34-69-35)37-14-12-36(13-15-37)30-68-56(77)46-28-40(74)31-73(46)58(79)54(60(5,6)7)72-49(75)32-83-25-24-82-23-22-81-21-20-67-55(76)38-16-19-45(47(26-38)80-8)70-57(78)52-50(41-10-9-11-43(63)51(41)65)61(33-66,48(71-52)29-59(2,3)4)42-18-17-39(62)27-44(42)64/h9-19,26-27,34,40,46,48,50,52,54,71,74H,20-25,28-32H2,1-8H3,(H,67,76)(H,68,77)(H,70,78)(H,72,75)/t40-,46+,48+,50+,52-,54-,61+/m1/s1. The number of benzene rings is 4. The molecule has 0 spiro atoms. The molecule has 5 aromatic rings. The zero-order chi connectivity index (χ0) is 61.1. The van der Waals surface area contributed by atoms with Gasteiger partial charge < -0.3 is 55.5 Å². The third-order valence-corrected chi connectivity index (χ3v) is 16.2. The summed E-state index contributed by atoms with van der Waals surface area (Å²) in [5.74, 6) is -5.43. The molecule has 5 amide bonds. The van der Waals surface area contributed by atoms with Crippen molar-refractivity contribution in [1.82, 2.24) is 31.2 Å². The van der Waals surface area contributed by atoms with Crippen molar-refractivity contribution in [3.8, 4) is 22.3 Å². The van der Waals surface area contributed by atoms with Crippen molar-refractivity contribution in [3.63, 3.8) is 0 Å². The van der Waals surface area contributed by atoms with E-state index >= 15 is 8.78 Å². The number of hydrogen-bond acceptors (Lipinski definition) is 14. The van der Waals surface area contributed by atoms with Crippen LogP contribution in [-0.2, 0) is 45.3 Å². The maximum absolute atomic E-state index is 16.2. The molecule has 4 aromatic carbocycles. The van der Waals surface area contributed by atoms with Gasteiger partial charge in [-0.15, -0.1) is 11.3 Å². The molecule has 18 nitrogen and oxygen atoms in total. The largest absolute Gasteiger partial charge is 0.495 e. The van der Waals surface area contributed by atoms with Crippen LogP contribution in [0.1, 0.15) is 93.0 Å². The van der Waals surface area contributed by atoms with Crippen LogP contribution in [0.5, 0.6) is 5.75 Å². The van der Waals surface area contributed by atoms with Gasteiger partial charge in [0.25, 0.3) is 5.91 Å². The van der Waals surface area contributed by atoms with Crippen molar-refractivity contribution in [1.29, 1.82) is 5.26 Å². The van der Waals surface area contributed by atoms with E-state index in [0.29, 0.717) is 0 Å². The molecule has 0 radical (unpaired) electrons. The van der Waals surface area contributed by atoms with Crippen LogP contribution in [0.15, 0.2) is 84.4 Å². The first-order chi connectivity index (χ1) is 39.9. The number of anilines is 1. The second kappa shape index (κ2) is 28.5. The number of amides is 5. The smallest absolute Gasteiger partial charge is 0.251 e. The first-order valence-corrected chi connectivity index (χ1v) is 29.1. The maximum atomic E-state index is 16.2. The van der Waals surface area contributed by atoms with E-state index in [1.807, 2.05) is 52.0 Å². The summed E-state index contributed by atoms with van der Waals surface area (Å²) >= 11 is 14.0. The first kappa shape index (κ1) is 64.9. The van der Waals surface area contributed by atoms with Crippen molar-refractivity contribution in [2.45, 2.75) is 109 Å². The summed E-state index contributed by atoms with van der Waals surface area (Å²) in [7, 11) is 1.36. The number of ether oxygens (including phenoxy) is 4. The van der Waals surface area contributed by atoms with Crippen LogP contribution < -0.4 is 31.3 Å². The Morgan fingerprint density at radius 1 is 0.917 bits per heavy atom. The van der Waals surface area contributed by atoms with E-state index in [9.17, 15) is 34.3 Å². The SMILES string of the molecule is COc1cc(C(=O)NCCOCCOCCOCC(=O)N[C@H](C(=O)N2C[C@H](O)C[C@H]2C(=O)NCc2ccc(-c3scnc3C)cc2)C(C)(C)C)ccc1NC(=O)[C@@H]1N[C@@H](CC(C)(C)C)[C@](C#N)(c2ccc(Cl)cc2F)[C@H]1c1cccc(Cl)c1F. The molecule has 3 heterocycles. The van der Waals surface area contributed by atoms with Gasteiger partial charge in [-0.05, 0) is 77.3 Å². The number of nitriles is 1. The van der Waals surface area contributed by atoms with Gasteiger partial charge in [-0.25, -0.2) is 13.8 Å². The summed E-state index contributed by atoms with van der Waals surface area (Å²) in [5, 5.41) is 36.2. The quantitative estimate of drug-likeness (QED) is 0.0319. The van der Waals surface area contributed by atoms with Crippen LogP contribution >= 0.6 is 34.5 Å². The maximum Gasteiger partial charge on any atom is 0.251 e. The minimum absolute atomic E-state index is 0.0573. The molecule has 0 aliphatic carbocycles. The monoisotopic (exact) mass is 1220 g/mol. The molecule has 1 aromatic heterocycles. The molecule has 2 aliphatic heterocycles. The zero-order valence-corrected chi connectivity index (χ0v) is 50.5. The normalized spacial score (nSPS) is 20.0. The Labute approximate surface area is 502 Å². The van der Waals surface area contributed by atoms with E-state index in [1.165, 1.54) is 60.5 Å². The molecule has 0 unspecified atom stereocenters. The topological polar surface area (TPSA) is 243 Å². The lowest BCUT2D eigenvalue weighted by Crippen LogP contribution is -2.58. The van der Waals surface area contributed by atoms with Gasteiger partial charge in [-0.2, -0.15) is 5.26 Å². The summed E-state index contributed by atoms with van der Waals surface area (Å²) < 4.78 is 54.6. The highest BCUT2D eigenvalue weighted by Crippen LogP contribution is 2.53. The highest BCUT2D eigenvalue weighted by molar-refractivity contribution is 7.13. The number of carbonyl (C=O) groups excluding carboxylic acids is 5. The Morgan fingerprint density at radius 2 is 1.62 bits per heavy atom. The van der Waals surface area contributed by atoms with Crippen LogP contribution in [0, 0.1) is 40.7 Å².